The highest BCUT2D eigenvalue weighted by Gasteiger charge is 2.58. The fourth-order valence-electron chi connectivity index (χ4n) is 7.98. The van der Waals surface area contributed by atoms with Crippen LogP contribution in [-0.4, -0.2) is 22.2 Å². The molecule has 0 spiro atoms. The van der Waals surface area contributed by atoms with Gasteiger partial charge < -0.3 is 10.2 Å². The van der Waals surface area contributed by atoms with Crippen LogP contribution in [0.3, 0.4) is 0 Å². The Morgan fingerprint density at radius 2 is 1.69 bits per heavy atom. The molecule has 2 fully saturated rings. The Hall–Kier alpha value is -1.32. The SMILES string of the molecule is CC(C)[C@@H](C)CC[C@@H](C)[C@@H]1CC[C@@H]2C3=CC[C@@H](CC(=O)O)[C@@](C)(CC(=O)O)[C@@H]3CC[C@@]21C. The van der Waals surface area contributed by atoms with Gasteiger partial charge in [0.05, 0.1) is 6.42 Å². The molecule has 0 bridgehead atoms. The molecule has 4 heteroatoms. The highest BCUT2D eigenvalue weighted by atomic mass is 16.4. The number of hydrogen-bond acceptors (Lipinski definition) is 2. The highest BCUT2D eigenvalue weighted by Crippen LogP contribution is 2.66. The van der Waals surface area contributed by atoms with Gasteiger partial charge in [-0.25, -0.2) is 0 Å². The van der Waals surface area contributed by atoms with Crippen molar-refractivity contribution in [1.82, 2.24) is 0 Å². The van der Waals surface area contributed by atoms with Gasteiger partial charge in [-0.15, -0.1) is 0 Å². The lowest BCUT2D eigenvalue weighted by Crippen LogP contribution is -2.48. The molecule has 0 aliphatic heterocycles. The lowest BCUT2D eigenvalue weighted by atomic mass is 9.49. The fourth-order valence-corrected chi connectivity index (χ4v) is 7.98. The molecular formula is C28H46O4. The van der Waals surface area contributed by atoms with Crippen LogP contribution in [0.5, 0.6) is 0 Å². The van der Waals surface area contributed by atoms with Crippen LogP contribution in [0.1, 0.15) is 99.3 Å². The molecule has 3 aliphatic rings. The van der Waals surface area contributed by atoms with Crippen LogP contribution in [0.2, 0.25) is 0 Å². The van der Waals surface area contributed by atoms with E-state index in [9.17, 15) is 19.8 Å². The number of carboxylic acids is 2. The number of carbonyl (C=O) groups is 2. The van der Waals surface area contributed by atoms with E-state index in [2.05, 4.69) is 47.6 Å². The summed E-state index contributed by atoms with van der Waals surface area (Å²) in [5.74, 6) is 2.00. The quantitative estimate of drug-likeness (QED) is 0.372. The molecule has 0 unspecified atom stereocenters. The molecule has 8 atom stereocenters. The van der Waals surface area contributed by atoms with Crippen LogP contribution in [0.25, 0.3) is 0 Å². The lowest BCUT2D eigenvalue weighted by molar-refractivity contribution is -0.146. The smallest absolute Gasteiger partial charge is 0.303 e. The van der Waals surface area contributed by atoms with Gasteiger partial charge in [-0.3, -0.25) is 9.59 Å². The Morgan fingerprint density at radius 3 is 2.28 bits per heavy atom. The first kappa shape index (κ1) is 25.3. The van der Waals surface area contributed by atoms with Crippen molar-refractivity contribution in [2.45, 2.75) is 99.3 Å². The number of allylic oxidation sites excluding steroid dienone is 2. The van der Waals surface area contributed by atoms with Crippen LogP contribution >= 0.6 is 0 Å². The molecule has 3 aliphatic carbocycles. The topological polar surface area (TPSA) is 74.6 Å². The van der Waals surface area contributed by atoms with Crippen molar-refractivity contribution < 1.29 is 19.8 Å². The van der Waals surface area contributed by atoms with Gasteiger partial charge >= 0.3 is 11.9 Å². The van der Waals surface area contributed by atoms with Gasteiger partial charge in [-0.2, -0.15) is 0 Å². The van der Waals surface area contributed by atoms with Gasteiger partial charge in [0.25, 0.3) is 0 Å². The van der Waals surface area contributed by atoms with E-state index < -0.39 is 17.4 Å². The summed E-state index contributed by atoms with van der Waals surface area (Å²) < 4.78 is 0. The van der Waals surface area contributed by atoms with E-state index in [0.29, 0.717) is 17.8 Å². The Bertz CT molecular complexity index is 740. The van der Waals surface area contributed by atoms with Crippen molar-refractivity contribution in [3.8, 4) is 0 Å². The van der Waals surface area contributed by atoms with E-state index in [1.165, 1.54) is 31.3 Å². The van der Waals surface area contributed by atoms with Gasteiger partial charge in [0, 0.05) is 6.42 Å². The second-order valence-electron chi connectivity index (χ2n) is 12.4. The Kier molecular flexibility index (Phi) is 7.52. The van der Waals surface area contributed by atoms with Crippen molar-refractivity contribution in [3.63, 3.8) is 0 Å². The first-order chi connectivity index (χ1) is 14.9. The molecule has 0 aromatic carbocycles. The maximum atomic E-state index is 11.8. The van der Waals surface area contributed by atoms with E-state index in [1.807, 2.05) is 0 Å². The van der Waals surface area contributed by atoms with Gasteiger partial charge in [-0.1, -0.05) is 66.0 Å². The minimum atomic E-state index is -0.811. The van der Waals surface area contributed by atoms with Crippen molar-refractivity contribution in [3.05, 3.63) is 11.6 Å². The second-order valence-corrected chi connectivity index (χ2v) is 12.4. The van der Waals surface area contributed by atoms with Crippen molar-refractivity contribution in [2.75, 3.05) is 0 Å². The predicted octanol–water partition coefficient (Wildman–Crippen LogP) is 7.04. The third-order valence-corrected chi connectivity index (χ3v) is 10.4. The summed E-state index contributed by atoms with van der Waals surface area (Å²) >= 11 is 0. The third-order valence-electron chi connectivity index (χ3n) is 10.4. The summed E-state index contributed by atoms with van der Waals surface area (Å²) in [4.78, 5) is 23.4. The largest absolute Gasteiger partial charge is 0.481 e. The molecule has 4 nitrogen and oxygen atoms in total. The predicted molar refractivity (Wildman–Crippen MR) is 128 cm³/mol. The minimum Gasteiger partial charge on any atom is -0.481 e. The van der Waals surface area contributed by atoms with Crippen molar-refractivity contribution >= 4 is 11.9 Å². The van der Waals surface area contributed by atoms with Crippen LogP contribution in [0.15, 0.2) is 11.6 Å². The van der Waals surface area contributed by atoms with E-state index in [4.69, 9.17) is 0 Å². The number of fused-ring (bicyclic) bond motifs is 3. The zero-order valence-electron chi connectivity index (χ0n) is 21.2. The summed E-state index contributed by atoms with van der Waals surface area (Å²) in [6, 6.07) is 0. The van der Waals surface area contributed by atoms with Crippen LogP contribution < -0.4 is 0 Å². The molecule has 2 saturated carbocycles. The molecule has 0 aromatic heterocycles. The number of hydrogen-bond donors (Lipinski definition) is 2. The van der Waals surface area contributed by atoms with Crippen molar-refractivity contribution in [2.24, 2.45) is 52.3 Å². The summed E-state index contributed by atoms with van der Waals surface area (Å²) in [7, 11) is 0. The molecule has 0 amide bonds. The second kappa shape index (κ2) is 9.50. The van der Waals surface area contributed by atoms with Crippen LogP contribution in [-0.2, 0) is 9.59 Å². The van der Waals surface area contributed by atoms with E-state index >= 15 is 0 Å². The Morgan fingerprint density at radius 1 is 1.00 bits per heavy atom. The number of aliphatic carboxylic acids is 2. The summed E-state index contributed by atoms with van der Waals surface area (Å²) in [6.45, 7) is 14.1. The standard InChI is InChI=1S/C28H46O4/c1-17(2)18(3)7-8-19(4)22-11-12-23-21-10-9-20(15-25(29)30)28(6,16-26(31)32)24(21)13-14-27(22,23)5/h10,17-20,22-24H,7-9,11-16H2,1-6H3,(H,29,30)(H,31,32)/t18-,19+,20-,22-,23+,24+,27+,28+/m0/s1. The number of rotatable bonds is 9. The van der Waals surface area contributed by atoms with Gasteiger partial charge in [-0.05, 0) is 84.4 Å². The van der Waals surface area contributed by atoms with E-state index in [0.717, 1.165) is 36.5 Å². The summed E-state index contributed by atoms with van der Waals surface area (Å²) in [5, 5.41) is 19.2. The first-order valence-electron chi connectivity index (χ1n) is 13.0. The molecule has 0 aromatic rings. The lowest BCUT2D eigenvalue weighted by Gasteiger charge is -2.55. The van der Waals surface area contributed by atoms with Crippen LogP contribution in [0, 0.1) is 52.3 Å². The highest BCUT2D eigenvalue weighted by molar-refractivity contribution is 5.70. The maximum absolute atomic E-state index is 11.8. The Labute approximate surface area is 195 Å². The number of carboxylic acid groups (broad SMARTS) is 2. The minimum absolute atomic E-state index is 0.0691. The van der Waals surface area contributed by atoms with Crippen LogP contribution in [0.4, 0.5) is 0 Å². The van der Waals surface area contributed by atoms with Gasteiger partial charge in [0.15, 0.2) is 0 Å². The summed E-state index contributed by atoms with van der Waals surface area (Å²) in [6.07, 6.45) is 10.4. The van der Waals surface area contributed by atoms with Crippen molar-refractivity contribution in [1.29, 1.82) is 0 Å². The molecule has 0 saturated heterocycles. The normalized spacial score (nSPS) is 38.5. The third kappa shape index (κ3) is 4.66. The first-order valence-corrected chi connectivity index (χ1v) is 13.0. The Balaban J connectivity index is 1.82. The molecule has 2 N–H and O–H groups in total. The van der Waals surface area contributed by atoms with E-state index in [-0.39, 0.29) is 24.7 Å². The average Bonchev–Trinajstić information content (AvgIpc) is 3.04. The molecule has 0 radical (unpaired) electrons. The zero-order chi connectivity index (χ0) is 23.8. The zero-order valence-corrected chi connectivity index (χ0v) is 21.2. The molecule has 32 heavy (non-hydrogen) atoms. The van der Waals surface area contributed by atoms with E-state index in [1.54, 1.807) is 0 Å². The molecule has 182 valence electrons. The summed E-state index contributed by atoms with van der Waals surface area (Å²) in [5.41, 5.74) is 1.31. The maximum Gasteiger partial charge on any atom is 0.303 e. The fraction of sp³-hybridized carbons (Fsp3) is 0.857. The molecule has 3 rings (SSSR count). The van der Waals surface area contributed by atoms with Gasteiger partial charge in [0.1, 0.15) is 0 Å². The average molecular weight is 447 g/mol. The van der Waals surface area contributed by atoms with Gasteiger partial charge in [0.2, 0.25) is 0 Å². The molecular weight excluding hydrogens is 400 g/mol. The molecule has 0 heterocycles. The monoisotopic (exact) mass is 446 g/mol.